The Balaban J connectivity index is 1.89. The summed E-state index contributed by atoms with van der Waals surface area (Å²) in [6, 6.07) is 0. The van der Waals surface area contributed by atoms with E-state index < -0.39 is 74.9 Å². The Labute approximate surface area is 167 Å². The molecule has 2 aliphatic heterocycles. The van der Waals surface area contributed by atoms with Gasteiger partial charge in [0.25, 0.3) is 0 Å². The third-order valence-electron chi connectivity index (χ3n) is 9.56. The molecule has 8 nitrogen and oxygen atoms in total. The Morgan fingerprint density at radius 2 is 1.79 bits per heavy atom. The summed E-state index contributed by atoms with van der Waals surface area (Å²) in [6.07, 6.45) is -2.40. The van der Waals surface area contributed by atoms with Crippen LogP contribution < -0.4 is 0 Å². The van der Waals surface area contributed by atoms with Crippen molar-refractivity contribution in [1.82, 2.24) is 0 Å². The van der Waals surface area contributed by atoms with Gasteiger partial charge in [0.1, 0.15) is 17.4 Å². The number of carbonyl (C=O) groups is 3. The van der Waals surface area contributed by atoms with E-state index in [1.165, 1.54) is 0 Å². The van der Waals surface area contributed by atoms with E-state index in [1.807, 2.05) is 0 Å². The fraction of sp³-hybridized carbons (Fsp3) is 0.762. The number of rotatable bonds is 1. The molecule has 4 saturated carbocycles. The monoisotopic (exact) mass is 406 g/mol. The molecule has 6 rings (SSSR count). The van der Waals surface area contributed by atoms with Crippen LogP contribution in [0.1, 0.15) is 33.6 Å². The Kier molecular flexibility index (Phi) is 3.22. The molecule has 0 aromatic heterocycles. The lowest BCUT2D eigenvalue weighted by molar-refractivity contribution is -0.451. The van der Waals surface area contributed by atoms with Crippen molar-refractivity contribution < 1.29 is 39.5 Å². The Bertz CT molecular complexity index is 908. The van der Waals surface area contributed by atoms with E-state index in [0.29, 0.717) is 12.8 Å². The molecule has 4 aliphatic carbocycles. The van der Waals surface area contributed by atoms with Crippen LogP contribution in [0.15, 0.2) is 12.2 Å². The van der Waals surface area contributed by atoms with Crippen LogP contribution in [-0.2, 0) is 19.1 Å². The number of fused-ring (bicyclic) bond motifs is 2. The lowest BCUT2D eigenvalue weighted by Gasteiger charge is -2.73. The number of carboxylic acids is 1. The van der Waals surface area contributed by atoms with E-state index >= 15 is 0 Å². The zero-order chi connectivity index (χ0) is 21.5. The smallest absolute Gasteiger partial charge is 0.314 e. The minimum atomic E-state index is -2.44. The first-order valence-electron chi connectivity index (χ1n) is 10.0. The van der Waals surface area contributed by atoms with Crippen LogP contribution in [-0.4, -0.2) is 62.6 Å². The van der Waals surface area contributed by atoms with Gasteiger partial charge in [-0.3, -0.25) is 14.4 Å². The van der Waals surface area contributed by atoms with Crippen LogP contribution in [0.3, 0.4) is 0 Å². The first-order chi connectivity index (χ1) is 13.3. The van der Waals surface area contributed by atoms with Gasteiger partial charge in [0, 0.05) is 17.3 Å². The highest BCUT2D eigenvalue weighted by Gasteiger charge is 2.93. The third kappa shape index (κ3) is 1.44. The second-order valence-electron chi connectivity index (χ2n) is 10.4. The molecule has 2 spiro atoms. The lowest BCUT2D eigenvalue weighted by atomic mass is 9.34. The van der Waals surface area contributed by atoms with Crippen LogP contribution in [0.2, 0.25) is 0 Å². The van der Waals surface area contributed by atoms with Crippen LogP contribution in [0.4, 0.5) is 0 Å². The van der Waals surface area contributed by atoms with Gasteiger partial charge in [-0.25, -0.2) is 0 Å². The van der Waals surface area contributed by atoms with Crippen molar-refractivity contribution in [1.29, 1.82) is 0 Å². The highest BCUT2D eigenvalue weighted by molar-refractivity contribution is 6.10. The molecule has 2 heterocycles. The summed E-state index contributed by atoms with van der Waals surface area (Å²) in [5.74, 6) is -7.90. The van der Waals surface area contributed by atoms with Gasteiger partial charge in [-0.2, -0.15) is 0 Å². The molecule has 6 aliphatic rings. The number of hydrogen-bond acceptors (Lipinski definition) is 7. The van der Waals surface area contributed by atoms with Crippen molar-refractivity contribution in [3.8, 4) is 0 Å². The molecule has 158 valence electrons. The summed E-state index contributed by atoms with van der Waals surface area (Å²) in [6.45, 7) is 8.40. The molecule has 29 heavy (non-hydrogen) atoms. The Morgan fingerprint density at radius 3 is 2.38 bits per heavy atom. The topological polar surface area (TPSA) is 141 Å². The maximum Gasteiger partial charge on any atom is 0.314 e. The van der Waals surface area contributed by atoms with Gasteiger partial charge in [0.05, 0.1) is 18.1 Å². The van der Waals surface area contributed by atoms with E-state index in [9.17, 15) is 34.8 Å². The van der Waals surface area contributed by atoms with Gasteiger partial charge in [-0.05, 0) is 23.8 Å². The molecule has 8 heteroatoms. The first-order valence-corrected chi connectivity index (χ1v) is 10.0. The van der Waals surface area contributed by atoms with Gasteiger partial charge >= 0.3 is 5.97 Å². The predicted molar refractivity (Wildman–Crippen MR) is 96.2 cm³/mol. The van der Waals surface area contributed by atoms with E-state index in [0.717, 1.165) is 0 Å². The second-order valence-corrected chi connectivity index (χ2v) is 10.4. The molecule has 6 fully saturated rings. The molecular weight excluding hydrogens is 380 g/mol. The van der Waals surface area contributed by atoms with Crippen molar-refractivity contribution in [3.05, 3.63) is 12.2 Å². The normalized spacial score (nSPS) is 57.0. The summed E-state index contributed by atoms with van der Waals surface area (Å²) in [5, 5.41) is 44.2. The minimum Gasteiger partial charge on any atom is -0.481 e. The van der Waals surface area contributed by atoms with Gasteiger partial charge < -0.3 is 25.2 Å². The largest absolute Gasteiger partial charge is 0.481 e. The molecule has 4 bridgehead atoms. The van der Waals surface area contributed by atoms with Crippen LogP contribution in [0.5, 0.6) is 0 Å². The van der Waals surface area contributed by atoms with Gasteiger partial charge in [-0.15, -0.1) is 0 Å². The van der Waals surface area contributed by atoms with Crippen LogP contribution >= 0.6 is 0 Å². The summed E-state index contributed by atoms with van der Waals surface area (Å²) in [7, 11) is 0. The number of aliphatic hydroxyl groups excluding tert-OH is 2. The number of aliphatic hydroxyl groups is 3. The maximum atomic E-state index is 13.8. The molecule has 2 saturated heterocycles. The zero-order valence-electron chi connectivity index (χ0n) is 16.6. The second kappa shape index (κ2) is 4.82. The summed E-state index contributed by atoms with van der Waals surface area (Å²) in [4.78, 5) is 39.4. The Morgan fingerprint density at radius 1 is 1.17 bits per heavy atom. The zero-order valence-corrected chi connectivity index (χ0v) is 16.6. The average Bonchev–Trinajstić information content (AvgIpc) is 2.88. The number of carboxylic acid groups (broad SMARTS) is 1. The number of ketones is 2. The van der Waals surface area contributed by atoms with E-state index in [-0.39, 0.29) is 12.2 Å². The van der Waals surface area contributed by atoms with Gasteiger partial charge in [0.2, 0.25) is 5.79 Å². The van der Waals surface area contributed by atoms with Crippen LogP contribution in [0.25, 0.3) is 0 Å². The minimum absolute atomic E-state index is 0.158. The van der Waals surface area contributed by atoms with E-state index in [4.69, 9.17) is 4.74 Å². The predicted octanol–water partition coefficient (Wildman–Crippen LogP) is -0.106. The fourth-order valence-corrected chi connectivity index (χ4v) is 8.43. The standard InChI is InChI=1S/C21H26O8/c1-8-9-5-6-18(4)19-7-29-21(28,20(18,12(8)22)13(9)23)15(25)11(19)17(2,3)10(14(19)24)16(26)27/h9-11,13,15,23,25,28H,1,5-7H2,2-4H3,(H,26,27)/t9-,10?,11+,13+,15-,18-,19-,20?,21+/m0/s1. The van der Waals surface area contributed by atoms with Crippen molar-refractivity contribution in [2.75, 3.05) is 6.61 Å². The summed E-state index contributed by atoms with van der Waals surface area (Å²) >= 11 is 0. The molecule has 9 atom stereocenters. The van der Waals surface area contributed by atoms with Crippen LogP contribution in [0, 0.1) is 39.4 Å². The Hall–Kier alpha value is -1.61. The molecule has 0 aromatic carbocycles. The molecule has 0 radical (unpaired) electrons. The molecule has 0 amide bonds. The number of ether oxygens (including phenoxy) is 1. The molecule has 2 unspecified atom stereocenters. The van der Waals surface area contributed by atoms with E-state index in [1.54, 1.807) is 20.8 Å². The SMILES string of the molecule is C=C1C(=O)C23[C@H](O)[C@H]1CC[C@@]2(C)[C@@]12CO[C@]3(O)[C@@H](O)[C@@H]1C(C)(C)C(C(=O)O)C2=O. The fourth-order valence-electron chi connectivity index (χ4n) is 8.43. The first kappa shape index (κ1) is 19.4. The quantitative estimate of drug-likeness (QED) is 0.349. The third-order valence-corrected chi connectivity index (χ3v) is 9.56. The maximum absolute atomic E-state index is 13.8. The summed E-state index contributed by atoms with van der Waals surface area (Å²) in [5.41, 5.74) is -5.80. The average molecular weight is 406 g/mol. The summed E-state index contributed by atoms with van der Waals surface area (Å²) < 4.78 is 5.69. The highest BCUT2D eigenvalue weighted by atomic mass is 16.6. The number of hydrogen-bond donors (Lipinski definition) is 4. The van der Waals surface area contributed by atoms with Gasteiger partial charge in [-0.1, -0.05) is 27.4 Å². The van der Waals surface area contributed by atoms with Crippen molar-refractivity contribution >= 4 is 17.5 Å². The van der Waals surface area contributed by atoms with Crippen molar-refractivity contribution in [2.45, 2.75) is 51.6 Å². The van der Waals surface area contributed by atoms with Gasteiger partial charge in [0.15, 0.2) is 11.6 Å². The van der Waals surface area contributed by atoms with Crippen molar-refractivity contribution in [3.63, 3.8) is 0 Å². The number of aliphatic carboxylic acids is 1. The lowest BCUT2D eigenvalue weighted by Crippen LogP contribution is -2.86. The number of carbonyl (C=O) groups excluding carboxylic acids is 2. The molecule has 4 N–H and O–H groups in total. The number of Topliss-reactive ketones (excluding diaryl/α,β-unsaturated/α-hetero) is 2. The highest BCUT2D eigenvalue weighted by Crippen LogP contribution is 2.82. The van der Waals surface area contributed by atoms with E-state index in [2.05, 4.69) is 6.58 Å². The molecule has 0 aromatic rings. The molecular formula is C21H26O8. The van der Waals surface area contributed by atoms with Crippen molar-refractivity contribution in [2.24, 2.45) is 39.4 Å².